The Bertz CT molecular complexity index is 783. The van der Waals surface area contributed by atoms with Crippen LogP contribution in [0.5, 0.6) is 0 Å². The third-order valence-corrected chi connectivity index (χ3v) is 5.53. The second kappa shape index (κ2) is 6.06. The molecule has 4 nitrogen and oxygen atoms in total. The fourth-order valence-electron chi connectivity index (χ4n) is 2.85. The van der Waals surface area contributed by atoms with Crippen LogP contribution in [0.4, 0.5) is 0 Å². The smallest absolute Gasteiger partial charge is 0.338 e. The molecule has 6 heteroatoms. The third kappa shape index (κ3) is 2.58. The summed E-state index contributed by atoms with van der Waals surface area (Å²) >= 11 is 8.04. The maximum Gasteiger partial charge on any atom is 0.338 e. The first-order valence-corrected chi connectivity index (χ1v) is 8.42. The number of aliphatic imine (C=N–C) groups is 1. The SMILES string of the molecule is COC(=O)C1=C(C)N=C2SC(C)=C(C)N2C1c1ccccc1Cl. The minimum absolute atomic E-state index is 0.325. The predicted octanol–water partition coefficient (Wildman–Crippen LogP) is 4.50. The molecule has 2 heterocycles. The maximum absolute atomic E-state index is 12.4. The lowest BCUT2D eigenvalue weighted by molar-refractivity contribution is -0.136. The van der Waals surface area contributed by atoms with Crippen molar-refractivity contribution in [2.45, 2.75) is 26.8 Å². The number of ether oxygens (including phenoxy) is 1. The molecule has 1 atom stereocenters. The van der Waals surface area contributed by atoms with Crippen molar-refractivity contribution in [2.75, 3.05) is 7.11 Å². The molecule has 0 saturated carbocycles. The van der Waals surface area contributed by atoms with Gasteiger partial charge in [-0.3, -0.25) is 0 Å². The summed E-state index contributed by atoms with van der Waals surface area (Å²) in [5.74, 6) is -0.377. The highest BCUT2D eigenvalue weighted by molar-refractivity contribution is 8.17. The first kappa shape index (κ1) is 16.1. The number of allylic oxidation sites excluding steroid dienone is 3. The van der Waals surface area contributed by atoms with Gasteiger partial charge >= 0.3 is 5.97 Å². The lowest BCUT2D eigenvalue weighted by atomic mass is 9.94. The highest BCUT2D eigenvalue weighted by Crippen LogP contribution is 2.47. The molecule has 1 aromatic rings. The van der Waals surface area contributed by atoms with E-state index < -0.39 is 0 Å². The molecule has 0 radical (unpaired) electrons. The molecule has 2 aliphatic heterocycles. The van der Waals surface area contributed by atoms with Crippen LogP contribution in [-0.4, -0.2) is 23.1 Å². The number of rotatable bonds is 2. The second-order valence-corrected chi connectivity index (χ2v) is 7.01. The standard InChI is InChI=1S/C17H17ClN2O2S/c1-9-14(16(21)22-4)15(12-7-5-6-8-13(12)18)20-10(2)11(3)23-17(20)19-9/h5-8,15H,1-4H3. The molecule has 0 amide bonds. The molecular formula is C17H17ClN2O2S. The lowest BCUT2D eigenvalue weighted by Crippen LogP contribution is -2.36. The normalized spacial score (nSPS) is 20.7. The molecule has 0 N–H and O–H groups in total. The van der Waals surface area contributed by atoms with Crippen molar-refractivity contribution in [2.24, 2.45) is 4.99 Å². The summed E-state index contributed by atoms with van der Waals surface area (Å²) in [7, 11) is 1.39. The van der Waals surface area contributed by atoms with Gasteiger partial charge in [0.05, 0.1) is 24.4 Å². The zero-order valence-corrected chi connectivity index (χ0v) is 15.0. The molecule has 3 rings (SSSR count). The molecular weight excluding hydrogens is 332 g/mol. The summed E-state index contributed by atoms with van der Waals surface area (Å²) in [6, 6.07) is 7.25. The number of amidine groups is 1. The van der Waals surface area contributed by atoms with Crippen LogP contribution in [0.2, 0.25) is 5.02 Å². The molecule has 0 aliphatic carbocycles. The molecule has 0 aromatic heterocycles. The van der Waals surface area contributed by atoms with Crippen molar-refractivity contribution in [1.82, 2.24) is 4.90 Å². The van der Waals surface area contributed by atoms with Crippen molar-refractivity contribution < 1.29 is 9.53 Å². The Morgan fingerprint density at radius 1 is 1.30 bits per heavy atom. The van der Waals surface area contributed by atoms with E-state index in [1.807, 2.05) is 38.1 Å². The highest BCUT2D eigenvalue weighted by Gasteiger charge is 2.41. The van der Waals surface area contributed by atoms with Gasteiger partial charge in [-0.15, -0.1) is 0 Å². The lowest BCUT2D eigenvalue weighted by Gasteiger charge is -2.35. The minimum Gasteiger partial charge on any atom is -0.466 e. The average molecular weight is 349 g/mol. The molecule has 0 spiro atoms. The van der Waals surface area contributed by atoms with Crippen LogP contribution in [-0.2, 0) is 9.53 Å². The van der Waals surface area contributed by atoms with Gasteiger partial charge in [-0.25, -0.2) is 9.79 Å². The van der Waals surface area contributed by atoms with E-state index in [2.05, 4.69) is 16.8 Å². The number of carbonyl (C=O) groups excluding carboxylic acids is 1. The summed E-state index contributed by atoms with van der Waals surface area (Å²) in [5.41, 5.74) is 3.14. The number of benzene rings is 1. The number of thioether (sulfide) groups is 1. The van der Waals surface area contributed by atoms with Gasteiger partial charge in [0, 0.05) is 15.6 Å². The van der Waals surface area contributed by atoms with Crippen molar-refractivity contribution in [1.29, 1.82) is 0 Å². The monoisotopic (exact) mass is 348 g/mol. The van der Waals surface area contributed by atoms with E-state index in [-0.39, 0.29) is 12.0 Å². The number of halogens is 1. The van der Waals surface area contributed by atoms with Crippen LogP contribution in [0.15, 0.2) is 51.1 Å². The Morgan fingerprint density at radius 3 is 2.65 bits per heavy atom. The first-order valence-electron chi connectivity index (χ1n) is 7.22. The van der Waals surface area contributed by atoms with Gasteiger partial charge in [0.1, 0.15) is 0 Å². The molecule has 0 bridgehead atoms. The van der Waals surface area contributed by atoms with E-state index in [0.29, 0.717) is 16.3 Å². The van der Waals surface area contributed by atoms with Crippen molar-refractivity contribution in [3.8, 4) is 0 Å². The molecule has 23 heavy (non-hydrogen) atoms. The van der Waals surface area contributed by atoms with Crippen LogP contribution < -0.4 is 0 Å². The fraction of sp³-hybridized carbons (Fsp3) is 0.294. The van der Waals surface area contributed by atoms with E-state index in [1.165, 1.54) is 12.0 Å². The van der Waals surface area contributed by atoms with Crippen molar-refractivity contribution in [3.05, 3.63) is 56.7 Å². The summed E-state index contributed by atoms with van der Waals surface area (Å²) in [4.78, 5) is 20.2. The second-order valence-electron chi connectivity index (χ2n) is 5.42. The number of esters is 1. The number of hydrogen-bond acceptors (Lipinski definition) is 5. The minimum atomic E-state index is -0.377. The van der Waals surface area contributed by atoms with E-state index >= 15 is 0 Å². The summed E-state index contributed by atoms with van der Waals surface area (Å²) in [6.07, 6.45) is 0. The topological polar surface area (TPSA) is 41.9 Å². The van der Waals surface area contributed by atoms with Crippen LogP contribution in [0.1, 0.15) is 32.4 Å². The van der Waals surface area contributed by atoms with Crippen molar-refractivity contribution in [3.63, 3.8) is 0 Å². The van der Waals surface area contributed by atoms with E-state index in [4.69, 9.17) is 16.3 Å². The van der Waals surface area contributed by atoms with Crippen LogP contribution in [0, 0.1) is 0 Å². The summed E-state index contributed by atoms with van der Waals surface area (Å²) in [6.45, 7) is 5.92. The average Bonchev–Trinajstić information content (AvgIpc) is 2.80. The van der Waals surface area contributed by atoms with Gasteiger partial charge in [0.25, 0.3) is 0 Å². The fourth-order valence-corrected chi connectivity index (χ4v) is 4.13. The first-order chi connectivity index (χ1) is 11.0. The number of nitrogens with zero attached hydrogens (tertiary/aromatic N) is 2. The van der Waals surface area contributed by atoms with E-state index in [0.717, 1.165) is 16.4 Å². The van der Waals surface area contributed by atoms with Crippen LogP contribution in [0.3, 0.4) is 0 Å². The van der Waals surface area contributed by atoms with E-state index in [1.54, 1.807) is 11.8 Å². The quantitative estimate of drug-likeness (QED) is 0.738. The Labute approximate surface area is 144 Å². The summed E-state index contributed by atoms with van der Waals surface area (Å²) in [5, 5.41) is 1.49. The van der Waals surface area contributed by atoms with Gasteiger partial charge < -0.3 is 9.64 Å². The predicted molar refractivity (Wildman–Crippen MR) is 94.1 cm³/mol. The van der Waals surface area contributed by atoms with Gasteiger partial charge in [-0.2, -0.15) is 0 Å². The number of fused-ring (bicyclic) bond motifs is 1. The molecule has 0 fully saturated rings. The summed E-state index contributed by atoms with van der Waals surface area (Å²) < 4.78 is 5.00. The highest BCUT2D eigenvalue weighted by atomic mass is 35.5. The van der Waals surface area contributed by atoms with Gasteiger partial charge in [0.2, 0.25) is 0 Å². The van der Waals surface area contributed by atoms with Gasteiger partial charge in [0.15, 0.2) is 5.17 Å². The van der Waals surface area contributed by atoms with Gasteiger partial charge in [-0.1, -0.05) is 41.6 Å². The molecule has 120 valence electrons. The number of hydrogen-bond donors (Lipinski definition) is 0. The number of carbonyl (C=O) groups is 1. The Hall–Kier alpha value is -1.72. The molecule has 1 aromatic carbocycles. The third-order valence-electron chi connectivity index (χ3n) is 4.11. The van der Waals surface area contributed by atoms with E-state index in [9.17, 15) is 4.79 Å². The van der Waals surface area contributed by atoms with Crippen LogP contribution in [0.25, 0.3) is 0 Å². The maximum atomic E-state index is 12.4. The Kier molecular flexibility index (Phi) is 4.25. The zero-order valence-electron chi connectivity index (χ0n) is 13.4. The molecule has 2 aliphatic rings. The largest absolute Gasteiger partial charge is 0.466 e. The Morgan fingerprint density at radius 2 is 2.00 bits per heavy atom. The zero-order chi connectivity index (χ0) is 16.7. The Balaban J connectivity index is 2.24. The number of methoxy groups -OCH3 is 1. The van der Waals surface area contributed by atoms with Crippen molar-refractivity contribution >= 4 is 34.5 Å². The molecule has 0 saturated heterocycles. The van der Waals surface area contributed by atoms with Gasteiger partial charge in [-0.05, 0) is 32.4 Å². The molecule has 1 unspecified atom stereocenters. The van der Waals surface area contributed by atoms with Crippen LogP contribution >= 0.6 is 23.4 Å².